The largest absolute Gasteiger partial charge is 0.465 e. The zero-order chi connectivity index (χ0) is 14.0. The molecule has 0 N–H and O–H groups in total. The Morgan fingerprint density at radius 3 is 2.79 bits per heavy atom. The second-order valence-electron chi connectivity index (χ2n) is 5.62. The molecule has 3 nitrogen and oxygen atoms in total. The Balaban J connectivity index is 2.41. The van der Waals surface area contributed by atoms with Gasteiger partial charge in [-0.05, 0) is 45.2 Å². The van der Waals surface area contributed by atoms with Gasteiger partial charge in [0.1, 0.15) is 0 Å². The molecule has 1 aliphatic rings. The smallest absolute Gasteiger partial charge is 0.314 e. The molecule has 0 amide bonds. The number of nitrogens with zero attached hydrogens (tertiary/aromatic N) is 1. The second-order valence-corrected chi connectivity index (χ2v) is 5.62. The van der Waals surface area contributed by atoms with E-state index in [0.717, 1.165) is 17.7 Å². The van der Waals surface area contributed by atoms with Crippen molar-refractivity contribution in [3.8, 4) is 0 Å². The summed E-state index contributed by atoms with van der Waals surface area (Å²) in [4.78, 5) is 16.7. The quantitative estimate of drug-likeness (QED) is 0.783. The van der Waals surface area contributed by atoms with Crippen LogP contribution in [-0.2, 0) is 16.0 Å². The molecule has 0 radical (unpaired) electrons. The van der Waals surface area contributed by atoms with Crippen molar-refractivity contribution in [2.45, 2.75) is 39.7 Å². The zero-order valence-corrected chi connectivity index (χ0v) is 12.1. The summed E-state index contributed by atoms with van der Waals surface area (Å²) in [5.74, 6) is -0.519. The van der Waals surface area contributed by atoms with Crippen LogP contribution in [0.2, 0.25) is 0 Å². The molecule has 1 unspecified atom stereocenters. The van der Waals surface area contributed by atoms with Crippen LogP contribution in [0, 0.1) is 5.92 Å². The van der Waals surface area contributed by atoms with Gasteiger partial charge in [0.2, 0.25) is 0 Å². The minimum Gasteiger partial charge on any atom is -0.465 e. The molecule has 0 bridgehead atoms. The Morgan fingerprint density at radius 1 is 1.42 bits per heavy atom. The lowest BCUT2D eigenvalue weighted by Gasteiger charge is -2.30. The minimum absolute atomic E-state index is 0.162. The standard InChI is InChI=1S/C16H21NO2/c1-5-19-15(18)11(2)14-13-9-7-6-8-12(13)10-16(3,4)17-14/h6-9,11H,5,10H2,1-4H3. The third-order valence-corrected chi connectivity index (χ3v) is 3.39. The van der Waals surface area contributed by atoms with Gasteiger partial charge in [0.05, 0.1) is 23.8 Å². The van der Waals surface area contributed by atoms with Gasteiger partial charge in [-0.2, -0.15) is 0 Å². The number of carbonyl (C=O) groups excluding carboxylic acids is 1. The van der Waals surface area contributed by atoms with E-state index in [0.29, 0.717) is 6.61 Å². The Morgan fingerprint density at radius 2 is 2.11 bits per heavy atom. The van der Waals surface area contributed by atoms with E-state index < -0.39 is 0 Å². The van der Waals surface area contributed by atoms with Crippen LogP contribution in [0.25, 0.3) is 0 Å². The Bertz CT molecular complexity index is 517. The molecule has 19 heavy (non-hydrogen) atoms. The molecule has 1 aromatic carbocycles. The minimum atomic E-state index is -0.319. The number of ether oxygens (including phenoxy) is 1. The van der Waals surface area contributed by atoms with Crippen molar-refractivity contribution < 1.29 is 9.53 Å². The molecule has 1 aromatic rings. The molecule has 1 aliphatic heterocycles. The SMILES string of the molecule is CCOC(=O)C(C)C1=NC(C)(C)Cc2ccccc21. The highest BCUT2D eigenvalue weighted by Crippen LogP contribution is 2.29. The normalized spacial score (nSPS) is 18.2. The van der Waals surface area contributed by atoms with Gasteiger partial charge in [-0.1, -0.05) is 24.3 Å². The summed E-state index contributed by atoms with van der Waals surface area (Å²) < 4.78 is 5.12. The van der Waals surface area contributed by atoms with Crippen LogP contribution in [0.1, 0.15) is 38.8 Å². The summed E-state index contributed by atoms with van der Waals surface area (Å²) in [6, 6.07) is 8.18. The highest BCUT2D eigenvalue weighted by molar-refractivity contribution is 6.13. The molecule has 3 heteroatoms. The van der Waals surface area contributed by atoms with E-state index in [2.05, 4.69) is 19.9 Å². The topological polar surface area (TPSA) is 38.7 Å². The first-order valence-corrected chi connectivity index (χ1v) is 6.79. The monoisotopic (exact) mass is 259 g/mol. The zero-order valence-electron chi connectivity index (χ0n) is 12.1. The summed E-state index contributed by atoms with van der Waals surface area (Å²) in [6.45, 7) is 8.29. The molecule has 2 rings (SSSR count). The average molecular weight is 259 g/mol. The van der Waals surface area contributed by atoms with Gasteiger partial charge in [0.15, 0.2) is 0 Å². The van der Waals surface area contributed by atoms with Gasteiger partial charge in [0.25, 0.3) is 0 Å². The van der Waals surface area contributed by atoms with Crippen LogP contribution in [0.5, 0.6) is 0 Å². The number of fused-ring (bicyclic) bond motifs is 1. The maximum Gasteiger partial charge on any atom is 0.314 e. The fraction of sp³-hybridized carbons (Fsp3) is 0.500. The summed E-state index contributed by atoms with van der Waals surface area (Å²) in [6.07, 6.45) is 0.905. The van der Waals surface area contributed by atoms with Crippen LogP contribution in [0.3, 0.4) is 0 Å². The Labute approximate surface area is 114 Å². The molecule has 0 aromatic heterocycles. The number of carbonyl (C=O) groups is 1. The first-order valence-electron chi connectivity index (χ1n) is 6.79. The first-order chi connectivity index (χ1) is 8.94. The third kappa shape index (κ3) is 2.86. The maximum atomic E-state index is 12.0. The first kappa shape index (κ1) is 13.8. The predicted molar refractivity (Wildman–Crippen MR) is 76.6 cm³/mol. The molecule has 1 atom stereocenters. The number of aliphatic imine (C=N–C) groups is 1. The van der Waals surface area contributed by atoms with Crippen LogP contribution in [-0.4, -0.2) is 23.8 Å². The van der Waals surface area contributed by atoms with Crippen molar-refractivity contribution in [1.82, 2.24) is 0 Å². The summed E-state index contributed by atoms with van der Waals surface area (Å²) >= 11 is 0. The number of hydrogen-bond donors (Lipinski definition) is 0. The average Bonchev–Trinajstić information content (AvgIpc) is 2.36. The van der Waals surface area contributed by atoms with Gasteiger partial charge in [-0.15, -0.1) is 0 Å². The van der Waals surface area contributed by atoms with Gasteiger partial charge < -0.3 is 4.74 Å². The molecule has 0 fully saturated rings. The van der Waals surface area contributed by atoms with E-state index in [1.54, 1.807) is 0 Å². The molecule has 0 spiro atoms. The third-order valence-electron chi connectivity index (χ3n) is 3.39. The van der Waals surface area contributed by atoms with Crippen molar-refractivity contribution in [3.63, 3.8) is 0 Å². The van der Waals surface area contributed by atoms with Crippen LogP contribution >= 0.6 is 0 Å². The molecular formula is C16H21NO2. The van der Waals surface area contributed by atoms with Crippen LogP contribution in [0.4, 0.5) is 0 Å². The summed E-state index contributed by atoms with van der Waals surface area (Å²) in [5.41, 5.74) is 3.03. The van der Waals surface area contributed by atoms with Crippen molar-refractivity contribution in [2.75, 3.05) is 6.61 Å². The van der Waals surface area contributed by atoms with Crippen LogP contribution in [0.15, 0.2) is 29.3 Å². The highest BCUT2D eigenvalue weighted by atomic mass is 16.5. The molecular weight excluding hydrogens is 238 g/mol. The van der Waals surface area contributed by atoms with E-state index >= 15 is 0 Å². The Hall–Kier alpha value is -1.64. The lowest BCUT2D eigenvalue weighted by atomic mass is 9.83. The van der Waals surface area contributed by atoms with Gasteiger partial charge in [-0.25, -0.2) is 0 Å². The van der Waals surface area contributed by atoms with Gasteiger partial charge >= 0.3 is 5.97 Å². The highest BCUT2D eigenvalue weighted by Gasteiger charge is 2.31. The predicted octanol–water partition coefficient (Wildman–Crippen LogP) is 3.01. The number of hydrogen-bond acceptors (Lipinski definition) is 3. The van der Waals surface area contributed by atoms with E-state index in [1.165, 1.54) is 5.56 Å². The van der Waals surface area contributed by atoms with Crippen molar-refractivity contribution >= 4 is 11.7 Å². The van der Waals surface area contributed by atoms with Crippen LogP contribution < -0.4 is 0 Å². The lowest BCUT2D eigenvalue weighted by molar-refractivity contribution is -0.145. The fourth-order valence-electron chi connectivity index (χ4n) is 2.53. The van der Waals surface area contributed by atoms with E-state index in [9.17, 15) is 4.79 Å². The van der Waals surface area contributed by atoms with Crippen molar-refractivity contribution in [2.24, 2.45) is 10.9 Å². The lowest BCUT2D eigenvalue weighted by Crippen LogP contribution is -2.34. The molecule has 102 valence electrons. The molecule has 0 aliphatic carbocycles. The van der Waals surface area contributed by atoms with E-state index in [-0.39, 0.29) is 17.4 Å². The molecule has 1 heterocycles. The van der Waals surface area contributed by atoms with E-state index in [4.69, 9.17) is 9.73 Å². The molecule has 0 saturated heterocycles. The van der Waals surface area contributed by atoms with Gasteiger partial charge in [0, 0.05) is 0 Å². The summed E-state index contributed by atoms with van der Waals surface area (Å²) in [7, 11) is 0. The Kier molecular flexibility index (Phi) is 3.74. The van der Waals surface area contributed by atoms with E-state index in [1.807, 2.05) is 32.0 Å². The van der Waals surface area contributed by atoms with Gasteiger partial charge in [-0.3, -0.25) is 9.79 Å². The summed E-state index contributed by atoms with van der Waals surface area (Å²) in [5, 5.41) is 0. The molecule has 0 saturated carbocycles. The van der Waals surface area contributed by atoms with Crippen molar-refractivity contribution in [1.29, 1.82) is 0 Å². The number of benzene rings is 1. The number of esters is 1. The second kappa shape index (κ2) is 5.16. The number of rotatable bonds is 3. The van der Waals surface area contributed by atoms with Crippen molar-refractivity contribution in [3.05, 3.63) is 35.4 Å². The fourth-order valence-corrected chi connectivity index (χ4v) is 2.53. The maximum absolute atomic E-state index is 12.0.